The molecule has 0 radical (unpaired) electrons. The largest absolute Gasteiger partial charge is 0.482 e. The van der Waals surface area contributed by atoms with Gasteiger partial charge in [0.1, 0.15) is 5.75 Å². The summed E-state index contributed by atoms with van der Waals surface area (Å²) in [4.78, 5) is 13.6. The number of carbonyl (C=O) groups excluding carboxylic acids is 1. The van der Waals surface area contributed by atoms with Gasteiger partial charge in [-0.2, -0.15) is 0 Å². The van der Waals surface area contributed by atoms with Crippen LogP contribution < -0.4 is 20.7 Å². The van der Waals surface area contributed by atoms with Crippen LogP contribution in [0.25, 0.3) is 0 Å². The zero-order valence-electron chi connectivity index (χ0n) is 11.3. The second kappa shape index (κ2) is 4.05. The molecule has 1 amide bonds. The lowest BCUT2D eigenvalue weighted by Gasteiger charge is -2.26. The van der Waals surface area contributed by atoms with Crippen LogP contribution in [0.15, 0.2) is 12.1 Å². The third-order valence-corrected chi connectivity index (χ3v) is 3.78. The SMILES string of the molecule is CC1(C)CCN(c2cc3c(cc2N)OCC(=O)N3)C1. The lowest BCUT2D eigenvalue weighted by atomic mass is 9.93. The zero-order valence-corrected chi connectivity index (χ0v) is 11.3. The predicted octanol–water partition coefficient (Wildman–Crippen LogP) is 1.84. The Morgan fingerprint density at radius 2 is 2.21 bits per heavy atom. The van der Waals surface area contributed by atoms with Crippen LogP contribution >= 0.6 is 0 Å². The molecule has 0 aromatic heterocycles. The number of benzene rings is 1. The van der Waals surface area contributed by atoms with Gasteiger partial charge in [-0.3, -0.25) is 4.79 Å². The number of anilines is 3. The van der Waals surface area contributed by atoms with Gasteiger partial charge in [0.25, 0.3) is 5.91 Å². The average Bonchev–Trinajstić information content (AvgIpc) is 2.69. The molecule has 2 heterocycles. The lowest BCUT2D eigenvalue weighted by molar-refractivity contribution is -0.118. The van der Waals surface area contributed by atoms with Gasteiger partial charge in [0.05, 0.1) is 17.1 Å². The third-order valence-electron chi connectivity index (χ3n) is 3.78. The zero-order chi connectivity index (χ0) is 13.6. The van der Waals surface area contributed by atoms with Crippen LogP contribution in [0.5, 0.6) is 5.75 Å². The Morgan fingerprint density at radius 1 is 1.42 bits per heavy atom. The molecule has 0 spiro atoms. The van der Waals surface area contributed by atoms with E-state index >= 15 is 0 Å². The number of nitrogens with zero attached hydrogens (tertiary/aromatic N) is 1. The van der Waals surface area contributed by atoms with Crippen molar-refractivity contribution in [1.29, 1.82) is 0 Å². The van der Waals surface area contributed by atoms with Crippen LogP contribution in [0.3, 0.4) is 0 Å². The number of nitrogen functional groups attached to an aromatic ring is 1. The Morgan fingerprint density at radius 3 is 2.89 bits per heavy atom. The van der Waals surface area contributed by atoms with E-state index < -0.39 is 0 Å². The van der Waals surface area contributed by atoms with Crippen LogP contribution in [-0.4, -0.2) is 25.6 Å². The highest BCUT2D eigenvalue weighted by atomic mass is 16.5. The third kappa shape index (κ3) is 2.20. The first-order chi connectivity index (χ1) is 8.94. The van der Waals surface area contributed by atoms with Crippen molar-refractivity contribution in [3.8, 4) is 5.75 Å². The van der Waals surface area contributed by atoms with E-state index in [1.165, 1.54) is 0 Å². The molecule has 2 aliphatic heterocycles. The molecule has 1 fully saturated rings. The number of nitrogens with one attached hydrogen (secondary N) is 1. The minimum Gasteiger partial charge on any atom is -0.482 e. The normalized spacial score (nSPS) is 20.7. The van der Waals surface area contributed by atoms with Gasteiger partial charge in [-0.05, 0) is 17.9 Å². The fraction of sp³-hybridized carbons (Fsp3) is 0.500. The molecular weight excluding hydrogens is 242 g/mol. The second-order valence-electron chi connectivity index (χ2n) is 6.08. The first kappa shape index (κ1) is 12.1. The number of ether oxygens (including phenoxy) is 1. The molecule has 1 aromatic rings. The van der Waals surface area contributed by atoms with Gasteiger partial charge in [-0.25, -0.2) is 0 Å². The quantitative estimate of drug-likeness (QED) is 0.757. The van der Waals surface area contributed by atoms with E-state index in [0.29, 0.717) is 22.5 Å². The number of rotatable bonds is 1. The van der Waals surface area contributed by atoms with Gasteiger partial charge in [-0.15, -0.1) is 0 Å². The van der Waals surface area contributed by atoms with Crippen molar-refractivity contribution in [2.45, 2.75) is 20.3 Å². The van der Waals surface area contributed by atoms with E-state index in [-0.39, 0.29) is 12.5 Å². The van der Waals surface area contributed by atoms with Gasteiger partial charge >= 0.3 is 0 Å². The van der Waals surface area contributed by atoms with Crippen LogP contribution in [0, 0.1) is 5.41 Å². The minimum absolute atomic E-state index is 0.0581. The fourth-order valence-corrected chi connectivity index (χ4v) is 2.72. The topological polar surface area (TPSA) is 67.6 Å². The highest BCUT2D eigenvalue weighted by molar-refractivity contribution is 5.97. The minimum atomic E-state index is -0.120. The number of fused-ring (bicyclic) bond motifs is 1. The summed E-state index contributed by atoms with van der Waals surface area (Å²) in [5.74, 6) is 0.532. The van der Waals surface area contributed by atoms with Crippen molar-refractivity contribution in [3.63, 3.8) is 0 Å². The van der Waals surface area contributed by atoms with Gasteiger partial charge in [0, 0.05) is 19.2 Å². The maximum atomic E-state index is 11.4. The van der Waals surface area contributed by atoms with Crippen molar-refractivity contribution >= 4 is 23.0 Å². The van der Waals surface area contributed by atoms with Crippen molar-refractivity contribution in [2.75, 3.05) is 35.6 Å². The van der Waals surface area contributed by atoms with Crippen molar-refractivity contribution in [2.24, 2.45) is 5.41 Å². The summed E-state index contributed by atoms with van der Waals surface area (Å²) in [7, 11) is 0. The summed E-state index contributed by atoms with van der Waals surface area (Å²) in [6.45, 7) is 6.54. The molecule has 19 heavy (non-hydrogen) atoms. The van der Waals surface area contributed by atoms with Crippen LogP contribution in [0.2, 0.25) is 0 Å². The first-order valence-electron chi connectivity index (χ1n) is 6.56. The molecule has 1 saturated heterocycles. The summed E-state index contributed by atoms with van der Waals surface area (Å²) in [5.41, 5.74) is 8.82. The molecule has 5 heteroatoms. The van der Waals surface area contributed by atoms with Crippen molar-refractivity contribution in [1.82, 2.24) is 0 Å². The summed E-state index contributed by atoms with van der Waals surface area (Å²) >= 11 is 0. The first-order valence-corrected chi connectivity index (χ1v) is 6.56. The van der Waals surface area contributed by atoms with E-state index in [4.69, 9.17) is 10.5 Å². The molecule has 5 nitrogen and oxygen atoms in total. The van der Waals surface area contributed by atoms with Crippen molar-refractivity contribution in [3.05, 3.63) is 12.1 Å². The molecule has 0 aliphatic carbocycles. The maximum absolute atomic E-state index is 11.4. The Balaban J connectivity index is 1.94. The molecule has 2 aliphatic rings. The molecule has 0 bridgehead atoms. The van der Waals surface area contributed by atoms with Crippen molar-refractivity contribution < 1.29 is 9.53 Å². The van der Waals surface area contributed by atoms with Crippen LogP contribution in [-0.2, 0) is 4.79 Å². The molecule has 0 saturated carbocycles. The summed E-state index contributed by atoms with van der Waals surface area (Å²) < 4.78 is 5.36. The average molecular weight is 261 g/mol. The lowest BCUT2D eigenvalue weighted by Crippen LogP contribution is -2.27. The Labute approximate surface area is 112 Å². The molecule has 3 rings (SSSR count). The standard InChI is InChI=1S/C14H19N3O2/c1-14(2)3-4-17(8-14)11-6-10-12(5-9(11)15)19-7-13(18)16-10/h5-6H,3-4,7-8,15H2,1-2H3,(H,16,18). The van der Waals surface area contributed by atoms with E-state index in [1.807, 2.05) is 6.07 Å². The second-order valence-corrected chi connectivity index (χ2v) is 6.08. The van der Waals surface area contributed by atoms with E-state index in [1.54, 1.807) is 6.07 Å². The highest BCUT2D eigenvalue weighted by Crippen LogP contribution is 2.40. The van der Waals surface area contributed by atoms with E-state index in [0.717, 1.165) is 25.2 Å². The molecule has 102 valence electrons. The molecule has 3 N–H and O–H groups in total. The van der Waals surface area contributed by atoms with Gasteiger partial charge in [0.15, 0.2) is 6.61 Å². The Hall–Kier alpha value is -1.91. The Kier molecular flexibility index (Phi) is 2.59. The number of hydrogen-bond donors (Lipinski definition) is 2. The predicted molar refractivity (Wildman–Crippen MR) is 75.6 cm³/mol. The fourth-order valence-electron chi connectivity index (χ4n) is 2.72. The molecule has 0 atom stereocenters. The smallest absolute Gasteiger partial charge is 0.262 e. The van der Waals surface area contributed by atoms with Gasteiger partial charge < -0.3 is 20.7 Å². The van der Waals surface area contributed by atoms with Gasteiger partial charge in [-0.1, -0.05) is 13.8 Å². The highest BCUT2D eigenvalue weighted by Gasteiger charge is 2.31. The van der Waals surface area contributed by atoms with Gasteiger partial charge in [0.2, 0.25) is 0 Å². The van der Waals surface area contributed by atoms with Crippen LogP contribution in [0.1, 0.15) is 20.3 Å². The van der Waals surface area contributed by atoms with E-state index in [2.05, 4.69) is 24.1 Å². The summed E-state index contributed by atoms with van der Waals surface area (Å²) in [6.07, 6.45) is 1.15. The number of amides is 1. The Bertz CT molecular complexity index is 540. The molecular formula is C14H19N3O2. The molecule has 1 aromatic carbocycles. The van der Waals surface area contributed by atoms with E-state index in [9.17, 15) is 4.79 Å². The summed E-state index contributed by atoms with van der Waals surface area (Å²) in [5, 5.41) is 2.83. The monoisotopic (exact) mass is 261 g/mol. The molecule has 0 unspecified atom stereocenters. The summed E-state index contributed by atoms with van der Waals surface area (Å²) in [6, 6.07) is 3.72. The van der Waals surface area contributed by atoms with Crippen LogP contribution in [0.4, 0.5) is 17.1 Å². The number of hydrogen-bond acceptors (Lipinski definition) is 4. The number of nitrogens with two attached hydrogens (primary N) is 1. The number of carbonyl (C=O) groups is 1. The maximum Gasteiger partial charge on any atom is 0.262 e.